The lowest BCUT2D eigenvalue weighted by Crippen LogP contribution is -2.39. The van der Waals surface area contributed by atoms with Gasteiger partial charge in [0.1, 0.15) is 11.0 Å². The molecule has 1 rings (SSSR count). The summed E-state index contributed by atoms with van der Waals surface area (Å²) in [5, 5.41) is 4.26. The molecule has 0 fully saturated rings. The third kappa shape index (κ3) is 4.09. The molecule has 0 amide bonds. The second kappa shape index (κ2) is 6.71. The molecule has 2 atom stereocenters. The van der Waals surface area contributed by atoms with Crippen molar-refractivity contribution in [2.45, 2.75) is 46.2 Å². The quantitative estimate of drug-likeness (QED) is 0.794. The predicted molar refractivity (Wildman–Crippen MR) is 69.1 cm³/mol. The van der Waals surface area contributed by atoms with Crippen molar-refractivity contribution in [1.29, 1.82) is 0 Å². The van der Waals surface area contributed by atoms with Crippen molar-refractivity contribution in [2.24, 2.45) is 0 Å². The minimum absolute atomic E-state index is 0.0723. The maximum atomic E-state index is 11.6. The fraction of sp³-hybridized carbons (Fsp3) is 0.667. The van der Waals surface area contributed by atoms with Crippen LogP contribution in [-0.2, 0) is 9.53 Å². The molecule has 0 aliphatic carbocycles. The van der Waals surface area contributed by atoms with Gasteiger partial charge in [-0.15, -0.1) is 11.3 Å². The molecule has 0 bridgehead atoms. The van der Waals surface area contributed by atoms with Crippen molar-refractivity contribution in [3.05, 3.63) is 16.1 Å². The summed E-state index contributed by atoms with van der Waals surface area (Å²) < 4.78 is 5.02. The molecule has 0 aliphatic heterocycles. The summed E-state index contributed by atoms with van der Waals surface area (Å²) in [7, 11) is 0. The van der Waals surface area contributed by atoms with Crippen molar-refractivity contribution >= 4 is 17.3 Å². The van der Waals surface area contributed by atoms with E-state index in [0.717, 1.165) is 5.01 Å². The monoisotopic (exact) mass is 256 g/mol. The summed E-state index contributed by atoms with van der Waals surface area (Å²) in [4.78, 5) is 17.1. The first-order valence-corrected chi connectivity index (χ1v) is 6.75. The summed E-state index contributed by atoms with van der Waals surface area (Å²) in [6, 6.07) is -0.183. The van der Waals surface area contributed by atoms with Crippen LogP contribution in [0, 0.1) is 6.92 Å². The van der Waals surface area contributed by atoms with Crippen LogP contribution in [0.3, 0.4) is 0 Å². The molecule has 4 nitrogen and oxygen atoms in total. The normalized spacial score (nSPS) is 14.4. The Morgan fingerprint density at radius 2 is 2.29 bits per heavy atom. The number of nitrogens with one attached hydrogen (secondary N) is 1. The Morgan fingerprint density at radius 1 is 1.59 bits per heavy atom. The summed E-state index contributed by atoms with van der Waals surface area (Å²) in [6.07, 6.45) is 2.57. The van der Waals surface area contributed by atoms with Crippen LogP contribution in [0.25, 0.3) is 0 Å². The Hall–Kier alpha value is -0.940. The number of hydrogen-bond donors (Lipinski definition) is 1. The van der Waals surface area contributed by atoms with E-state index >= 15 is 0 Å². The van der Waals surface area contributed by atoms with E-state index in [4.69, 9.17) is 4.74 Å². The standard InChI is InChI=1S/C12H20N2O2S/c1-5-10(12(15)16-6-2)14-9(4)11-13-7-8(3)17-11/h7,9-10,14H,5-6H2,1-4H3. The van der Waals surface area contributed by atoms with Crippen LogP contribution >= 0.6 is 11.3 Å². The highest BCUT2D eigenvalue weighted by molar-refractivity contribution is 7.11. The molecular formula is C12H20N2O2S. The van der Waals surface area contributed by atoms with Gasteiger partial charge in [-0.05, 0) is 27.2 Å². The maximum Gasteiger partial charge on any atom is 0.323 e. The van der Waals surface area contributed by atoms with Crippen LogP contribution in [0.1, 0.15) is 43.1 Å². The fourth-order valence-corrected chi connectivity index (χ4v) is 2.33. The molecule has 1 aromatic rings. The van der Waals surface area contributed by atoms with Crippen LogP contribution < -0.4 is 5.32 Å². The molecule has 2 unspecified atom stereocenters. The van der Waals surface area contributed by atoms with Gasteiger partial charge in [0.05, 0.1) is 12.6 Å². The third-order valence-corrected chi connectivity index (χ3v) is 3.54. The Bertz CT molecular complexity index is 365. The molecule has 0 aromatic carbocycles. The number of aryl methyl sites for hydroxylation is 1. The van der Waals surface area contributed by atoms with Crippen LogP contribution in [0.4, 0.5) is 0 Å². The molecule has 5 heteroatoms. The highest BCUT2D eigenvalue weighted by Crippen LogP contribution is 2.19. The van der Waals surface area contributed by atoms with Crippen molar-refractivity contribution in [2.75, 3.05) is 6.61 Å². The highest BCUT2D eigenvalue weighted by atomic mass is 32.1. The lowest BCUT2D eigenvalue weighted by Gasteiger charge is -2.19. The molecule has 0 radical (unpaired) electrons. The number of ether oxygens (including phenoxy) is 1. The van der Waals surface area contributed by atoms with Crippen molar-refractivity contribution in [3.8, 4) is 0 Å². The number of aromatic nitrogens is 1. The number of hydrogen-bond acceptors (Lipinski definition) is 5. The topological polar surface area (TPSA) is 51.2 Å². The molecule has 96 valence electrons. The van der Waals surface area contributed by atoms with Crippen molar-refractivity contribution in [1.82, 2.24) is 10.3 Å². The second-order valence-corrected chi connectivity index (χ2v) is 5.18. The van der Waals surface area contributed by atoms with E-state index in [9.17, 15) is 4.79 Å². The highest BCUT2D eigenvalue weighted by Gasteiger charge is 2.21. The van der Waals surface area contributed by atoms with E-state index in [1.807, 2.05) is 33.9 Å². The SMILES string of the molecule is CCOC(=O)C(CC)NC(C)c1ncc(C)s1. The van der Waals surface area contributed by atoms with Gasteiger partial charge in [-0.2, -0.15) is 0 Å². The molecule has 0 saturated heterocycles. The Labute approximate surface area is 106 Å². The number of carbonyl (C=O) groups excluding carboxylic acids is 1. The first kappa shape index (κ1) is 14.1. The van der Waals surface area contributed by atoms with Gasteiger partial charge in [-0.1, -0.05) is 6.92 Å². The third-order valence-electron chi connectivity index (χ3n) is 2.44. The number of rotatable bonds is 6. The summed E-state index contributed by atoms with van der Waals surface area (Å²) in [5.41, 5.74) is 0. The van der Waals surface area contributed by atoms with Crippen LogP contribution in [0.15, 0.2) is 6.20 Å². The smallest absolute Gasteiger partial charge is 0.323 e. The Kier molecular flexibility index (Phi) is 5.58. The van der Waals surface area contributed by atoms with Gasteiger partial charge in [0, 0.05) is 11.1 Å². The van der Waals surface area contributed by atoms with Crippen molar-refractivity contribution in [3.63, 3.8) is 0 Å². The zero-order chi connectivity index (χ0) is 12.8. The minimum Gasteiger partial charge on any atom is -0.465 e. The number of thiazole rings is 1. The van der Waals surface area contributed by atoms with Gasteiger partial charge in [-0.25, -0.2) is 4.98 Å². The van der Waals surface area contributed by atoms with E-state index in [0.29, 0.717) is 13.0 Å². The minimum atomic E-state index is -0.255. The largest absolute Gasteiger partial charge is 0.465 e. The van der Waals surface area contributed by atoms with Crippen LogP contribution in [0.5, 0.6) is 0 Å². The average Bonchev–Trinajstić information content (AvgIpc) is 2.72. The fourth-order valence-electron chi connectivity index (χ4n) is 1.54. The first-order valence-electron chi connectivity index (χ1n) is 5.93. The van der Waals surface area contributed by atoms with Gasteiger partial charge in [0.25, 0.3) is 0 Å². The van der Waals surface area contributed by atoms with Gasteiger partial charge in [-0.3, -0.25) is 10.1 Å². The molecule has 1 N–H and O–H groups in total. The molecule has 0 spiro atoms. The molecule has 1 heterocycles. The molecule has 17 heavy (non-hydrogen) atoms. The zero-order valence-electron chi connectivity index (χ0n) is 10.8. The van der Waals surface area contributed by atoms with E-state index in [-0.39, 0.29) is 18.1 Å². The number of esters is 1. The zero-order valence-corrected chi connectivity index (χ0v) is 11.6. The van der Waals surface area contributed by atoms with Crippen LogP contribution in [-0.4, -0.2) is 23.6 Å². The van der Waals surface area contributed by atoms with E-state index in [2.05, 4.69) is 10.3 Å². The summed E-state index contributed by atoms with van der Waals surface area (Å²) >= 11 is 1.65. The predicted octanol–water partition coefficient (Wildman–Crippen LogP) is 2.44. The number of carbonyl (C=O) groups is 1. The molecular weight excluding hydrogens is 236 g/mol. The summed E-state index contributed by atoms with van der Waals surface area (Å²) in [5.74, 6) is -0.185. The van der Waals surface area contributed by atoms with Crippen LogP contribution in [0.2, 0.25) is 0 Å². The van der Waals surface area contributed by atoms with Crippen molar-refractivity contribution < 1.29 is 9.53 Å². The van der Waals surface area contributed by atoms with Gasteiger partial charge in [0.15, 0.2) is 0 Å². The molecule has 0 saturated carbocycles. The second-order valence-electron chi connectivity index (χ2n) is 3.91. The van der Waals surface area contributed by atoms with E-state index in [1.54, 1.807) is 11.3 Å². The summed E-state index contributed by atoms with van der Waals surface area (Å²) in [6.45, 7) is 8.24. The Balaban J connectivity index is 2.59. The molecule has 0 aliphatic rings. The van der Waals surface area contributed by atoms with E-state index in [1.165, 1.54) is 4.88 Å². The maximum absolute atomic E-state index is 11.6. The van der Waals surface area contributed by atoms with Gasteiger partial charge >= 0.3 is 5.97 Å². The van der Waals surface area contributed by atoms with Gasteiger partial charge < -0.3 is 4.74 Å². The lowest BCUT2D eigenvalue weighted by atomic mass is 10.2. The first-order chi connectivity index (χ1) is 8.08. The van der Waals surface area contributed by atoms with Gasteiger partial charge in [0.2, 0.25) is 0 Å². The lowest BCUT2D eigenvalue weighted by molar-refractivity contribution is -0.145. The van der Waals surface area contributed by atoms with E-state index < -0.39 is 0 Å². The number of nitrogens with zero attached hydrogens (tertiary/aromatic N) is 1. The Morgan fingerprint density at radius 3 is 2.76 bits per heavy atom. The molecule has 1 aromatic heterocycles. The average molecular weight is 256 g/mol.